The summed E-state index contributed by atoms with van der Waals surface area (Å²) in [5, 5.41) is 5.18. The maximum atomic E-state index is 3.79. The molecule has 0 bridgehead atoms. The second kappa shape index (κ2) is 5.85. The summed E-state index contributed by atoms with van der Waals surface area (Å²) in [5.41, 5.74) is 2.95. The summed E-state index contributed by atoms with van der Waals surface area (Å²) in [6.45, 7) is 13.6. The van der Waals surface area contributed by atoms with Crippen molar-refractivity contribution in [1.82, 2.24) is 0 Å². The van der Waals surface area contributed by atoms with Gasteiger partial charge in [0.25, 0.3) is 0 Å². The second-order valence-corrected chi connectivity index (χ2v) is 10.4. The molecule has 0 amide bonds. The molecular formula is C22H24Br2. The lowest BCUT2D eigenvalue weighted by atomic mass is 9.83. The molecule has 0 atom stereocenters. The molecule has 0 aromatic heterocycles. The molecule has 0 N–H and O–H groups in total. The molecule has 0 fully saturated rings. The Morgan fingerprint density at radius 1 is 0.542 bits per heavy atom. The third-order valence-corrected chi connectivity index (χ3v) is 6.01. The molecule has 0 saturated carbocycles. The zero-order valence-corrected chi connectivity index (χ0v) is 18.4. The van der Waals surface area contributed by atoms with Crippen LogP contribution in [-0.4, -0.2) is 0 Å². The van der Waals surface area contributed by atoms with Gasteiger partial charge < -0.3 is 0 Å². The molecule has 0 aliphatic rings. The van der Waals surface area contributed by atoms with Gasteiger partial charge in [0.15, 0.2) is 0 Å². The second-order valence-electron chi connectivity index (χ2n) is 8.67. The summed E-state index contributed by atoms with van der Waals surface area (Å²) in [6, 6.07) is 13.7. The Hall–Kier alpha value is -0.860. The monoisotopic (exact) mass is 446 g/mol. The third kappa shape index (κ3) is 3.15. The van der Waals surface area contributed by atoms with Crippen LogP contribution in [0.25, 0.3) is 21.5 Å². The van der Waals surface area contributed by atoms with Crippen LogP contribution in [0.2, 0.25) is 0 Å². The highest BCUT2D eigenvalue weighted by Gasteiger charge is 2.19. The van der Waals surface area contributed by atoms with E-state index in [0.29, 0.717) is 0 Å². The fourth-order valence-electron chi connectivity index (χ4n) is 3.05. The van der Waals surface area contributed by atoms with Gasteiger partial charge in [-0.15, -0.1) is 0 Å². The lowest BCUT2D eigenvalue weighted by Gasteiger charge is -2.23. The molecule has 0 saturated heterocycles. The predicted molar refractivity (Wildman–Crippen MR) is 114 cm³/mol. The molecule has 3 aromatic rings. The number of hydrogen-bond donors (Lipinski definition) is 0. The largest absolute Gasteiger partial charge is 0.0561 e. The minimum absolute atomic E-state index is 0.123. The first-order chi connectivity index (χ1) is 11.0. The van der Waals surface area contributed by atoms with Gasteiger partial charge in [0, 0.05) is 8.95 Å². The highest BCUT2D eigenvalue weighted by molar-refractivity contribution is 9.11. The van der Waals surface area contributed by atoms with E-state index in [4.69, 9.17) is 0 Å². The fourth-order valence-corrected chi connectivity index (χ4v) is 4.24. The van der Waals surface area contributed by atoms with Gasteiger partial charge in [-0.1, -0.05) is 85.5 Å². The lowest BCUT2D eigenvalue weighted by molar-refractivity contribution is 0.590. The van der Waals surface area contributed by atoms with Crippen molar-refractivity contribution in [3.05, 3.63) is 56.5 Å². The van der Waals surface area contributed by atoms with Gasteiger partial charge in [0.2, 0.25) is 0 Å². The van der Waals surface area contributed by atoms with Gasteiger partial charge in [-0.2, -0.15) is 0 Å². The maximum absolute atomic E-state index is 3.79. The summed E-state index contributed by atoms with van der Waals surface area (Å²) in [6.07, 6.45) is 0. The smallest absolute Gasteiger partial charge is 0.0256 e. The summed E-state index contributed by atoms with van der Waals surface area (Å²) >= 11 is 7.58. The Kier molecular flexibility index (Phi) is 4.37. The molecular weight excluding hydrogens is 424 g/mol. The zero-order chi connectivity index (χ0) is 17.9. The van der Waals surface area contributed by atoms with Crippen LogP contribution in [-0.2, 0) is 10.8 Å². The summed E-state index contributed by atoms with van der Waals surface area (Å²) in [5.74, 6) is 0. The third-order valence-electron chi connectivity index (χ3n) is 4.70. The Balaban J connectivity index is 2.48. The average Bonchev–Trinajstić information content (AvgIpc) is 2.45. The first-order valence-corrected chi connectivity index (χ1v) is 9.93. The summed E-state index contributed by atoms with van der Waals surface area (Å²) in [7, 11) is 0. The van der Waals surface area contributed by atoms with E-state index in [2.05, 4.69) is 110 Å². The van der Waals surface area contributed by atoms with Gasteiger partial charge in [-0.25, -0.2) is 0 Å². The number of benzene rings is 3. The number of hydrogen-bond acceptors (Lipinski definition) is 0. The molecule has 3 rings (SSSR count). The van der Waals surface area contributed by atoms with E-state index in [9.17, 15) is 0 Å². The van der Waals surface area contributed by atoms with Crippen LogP contribution in [0.3, 0.4) is 0 Å². The highest BCUT2D eigenvalue weighted by atomic mass is 79.9. The van der Waals surface area contributed by atoms with Crippen LogP contribution >= 0.6 is 31.9 Å². The van der Waals surface area contributed by atoms with Crippen molar-refractivity contribution < 1.29 is 0 Å². The van der Waals surface area contributed by atoms with Gasteiger partial charge in [0.1, 0.15) is 0 Å². The van der Waals surface area contributed by atoms with Crippen molar-refractivity contribution in [2.45, 2.75) is 52.4 Å². The number of rotatable bonds is 0. The number of fused-ring (bicyclic) bond motifs is 3. The van der Waals surface area contributed by atoms with Crippen molar-refractivity contribution in [3.8, 4) is 0 Å². The normalized spacial score (nSPS) is 13.0. The molecule has 3 aromatic carbocycles. The van der Waals surface area contributed by atoms with Crippen LogP contribution in [0, 0.1) is 0 Å². The maximum Gasteiger partial charge on any atom is 0.0256 e. The van der Waals surface area contributed by atoms with Crippen molar-refractivity contribution in [1.29, 1.82) is 0 Å². The molecule has 0 nitrogen and oxygen atoms in total. The number of halogens is 2. The Bertz CT molecular complexity index is 859. The van der Waals surface area contributed by atoms with Gasteiger partial charge in [-0.3, -0.25) is 0 Å². The molecule has 0 unspecified atom stereocenters. The van der Waals surface area contributed by atoms with Crippen LogP contribution in [0.5, 0.6) is 0 Å². The Labute approximate surface area is 161 Å². The summed E-state index contributed by atoms with van der Waals surface area (Å²) in [4.78, 5) is 0. The highest BCUT2D eigenvalue weighted by Crippen LogP contribution is 2.39. The molecule has 24 heavy (non-hydrogen) atoms. The van der Waals surface area contributed by atoms with E-state index in [1.54, 1.807) is 0 Å². The molecule has 0 aliphatic heterocycles. The van der Waals surface area contributed by atoms with Crippen LogP contribution in [0.15, 0.2) is 45.3 Å². The van der Waals surface area contributed by atoms with E-state index >= 15 is 0 Å². The van der Waals surface area contributed by atoms with E-state index in [0.717, 1.165) is 0 Å². The van der Waals surface area contributed by atoms with E-state index in [1.165, 1.54) is 41.6 Å². The minimum atomic E-state index is 0.123. The molecule has 126 valence electrons. The van der Waals surface area contributed by atoms with Crippen molar-refractivity contribution >= 4 is 53.4 Å². The van der Waals surface area contributed by atoms with E-state index in [1.807, 2.05) is 0 Å². The standard InChI is InChI=1S/C22H24Br2/c1-21(2,3)13-9-17-15(19(23)11-13)7-8-16-18(17)10-14(12-20(16)24)22(4,5)6/h7-12H,1-6H3. The molecule has 0 heterocycles. The van der Waals surface area contributed by atoms with Crippen LogP contribution < -0.4 is 0 Å². The Morgan fingerprint density at radius 3 is 1.17 bits per heavy atom. The zero-order valence-electron chi connectivity index (χ0n) is 15.2. The average molecular weight is 448 g/mol. The predicted octanol–water partition coefficient (Wildman–Crippen LogP) is 8.11. The summed E-state index contributed by atoms with van der Waals surface area (Å²) < 4.78 is 2.34. The van der Waals surface area contributed by atoms with Crippen molar-refractivity contribution in [2.24, 2.45) is 0 Å². The van der Waals surface area contributed by atoms with E-state index < -0.39 is 0 Å². The molecule has 0 spiro atoms. The topological polar surface area (TPSA) is 0 Å². The lowest BCUT2D eigenvalue weighted by Crippen LogP contribution is -2.11. The van der Waals surface area contributed by atoms with Crippen LogP contribution in [0.1, 0.15) is 52.7 Å². The van der Waals surface area contributed by atoms with E-state index in [-0.39, 0.29) is 10.8 Å². The van der Waals surface area contributed by atoms with Gasteiger partial charge in [0.05, 0.1) is 0 Å². The Morgan fingerprint density at radius 2 is 0.875 bits per heavy atom. The first kappa shape index (κ1) is 17.9. The SMILES string of the molecule is CC(C)(C)c1cc(Br)c2ccc3c(Br)cc(C(C)(C)C)cc3c2c1. The van der Waals surface area contributed by atoms with Gasteiger partial charge in [-0.05, 0) is 67.8 Å². The minimum Gasteiger partial charge on any atom is -0.0561 e. The quantitative estimate of drug-likeness (QED) is 0.305. The molecule has 0 radical (unpaired) electrons. The van der Waals surface area contributed by atoms with Crippen LogP contribution in [0.4, 0.5) is 0 Å². The van der Waals surface area contributed by atoms with Crippen molar-refractivity contribution in [3.63, 3.8) is 0 Å². The van der Waals surface area contributed by atoms with Gasteiger partial charge >= 0.3 is 0 Å². The molecule has 0 aliphatic carbocycles. The fraction of sp³-hybridized carbons (Fsp3) is 0.364. The first-order valence-electron chi connectivity index (χ1n) is 8.35. The van der Waals surface area contributed by atoms with Crippen molar-refractivity contribution in [2.75, 3.05) is 0 Å². The molecule has 2 heteroatoms.